The topological polar surface area (TPSA) is 75.3 Å². The van der Waals surface area contributed by atoms with Gasteiger partial charge in [0, 0.05) is 18.5 Å². The summed E-state index contributed by atoms with van der Waals surface area (Å²) < 4.78 is 27.7. The lowest BCUT2D eigenvalue weighted by Crippen LogP contribution is -2.46. The van der Waals surface area contributed by atoms with E-state index in [1.165, 1.54) is 12.8 Å². The number of carbonyl (C=O) groups excluding carboxylic acids is 1. The van der Waals surface area contributed by atoms with Crippen LogP contribution >= 0.6 is 0 Å². The van der Waals surface area contributed by atoms with Crippen molar-refractivity contribution in [1.29, 1.82) is 0 Å². The van der Waals surface area contributed by atoms with Crippen LogP contribution in [-0.4, -0.2) is 26.9 Å². The van der Waals surface area contributed by atoms with Gasteiger partial charge in [-0.3, -0.25) is 4.79 Å². The summed E-state index contributed by atoms with van der Waals surface area (Å²) in [5, 5.41) is 3.32. The Morgan fingerprint density at radius 2 is 1.66 bits per heavy atom. The second-order valence-electron chi connectivity index (χ2n) is 9.26. The lowest BCUT2D eigenvalue weighted by atomic mass is 9.77. The van der Waals surface area contributed by atoms with Crippen LogP contribution in [0.5, 0.6) is 0 Å². The minimum atomic E-state index is -3.47. The van der Waals surface area contributed by atoms with Gasteiger partial charge in [0.2, 0.25) is 15.9 Å². The van der Waals surface area contributed by atoms with Gasteiger partial charge in [0.15, 0.2) is 0 Å². The van der Waals surface area contributed by atoms with Crippen LogP contribution in [0.1, 0.15) is 64.4 Å². The first kappa shape index (κ1) is 22.3. The largest absolute Gasteiger partial charge is 0.353 e. The number of carbonyl (C=O) groups is 1. The van der Waals surface area contributed by atoms with Gasteiger partial charge in [-0.25, -0.2) is 13.1 Å². The molecule has 5 nitrogen and oxygen atoms in total. The highest BCUT2D eigenvalue weighted by Crippen LogP contribution is 2.32. The third-order valence-corrected chi connectivity index (χ3v) is 8.58. The molecule has 0 radical (unpaired) electrons. The third kappa shape index (κ3) is 5.82. The van der Waals surface area contributed by atoms with Crippen molar-refractivity contribution in [2.75, 3.05) is 6.54 Å². The molecule has 1 amide bonds. The van der Waals surface area contributed by atoms with Crippen LogP contribution in [0.4, 0.5) is 0 Å². The molecular formula is C23H36N2O3S. The summed E-state index contributed by atoms with van der Waals surface area (Å²) >= 11 is 0. The molecule has 29 heavy (non-hydrogen) atoms. The molecule has 0 unspecified atom stereocenters. The summed E-state index contributed by atoms with van der Waals surface area (Å²) in [5.74, 6) is 1.79. The maximum Gasteiger partial charge on any atom is 0.240 e. The number of nitrogens with one attached hydrogen (secondary N) is 2. The summed E-state index contributed by atoms with van der Waals surface area (Å²) in [6.07, 6.45) is 7.03. The highest BCUT2D eigenvalue weighted by atomic mass is 32.2. The third-order valence-electron chi connectivity index (χ3n) is 7.15. The molecule has 2 fully saturated rings. The molecule has 0 bridgehead atoms. The molecule has 0 aliphatic heterocycles. The maximum atomic E-state index is 12.7. The quantitative estimate of drug-likeness (QED) is 0.730. The molecule has 0 spiro atoms. The molecule has 6 heteroatoms. The summed E-state index contributed by atoms with van der Waals surface area (Å²) in [6.45, 7) is 6.92. The van der Waals surface area contributed by atoms with Gasteiger partial charge in [-0.2, -0.15) is 0 Å². The van der Waals surface area contributed by atoms with Crippen LogP contribution in [0.25, 0.3) is 0 Å². The van der Waals surface area contributed by atoms with E-state index in [-0.39, 0.29) is 11.8 Å². The molecular weight excluding hydrogens is 384 g/mol. The van der Waals surface area contributed by atoms with Gasteiger partial charge in [0.05, 0.1) is 4.90 Å². The number of hydrogen-bond acceptors (Lipinski definition) is 3. The van der Waals surface area contributed by atoms with E-state index in [0.717, 1.165) is 37.7 Å². The molecule has 0 heterocycles. The molecule has 0 saturated heterocycles. The van der Waals surface area contributed by atoms with Gasteiger partial charge < -0.3 is 5.32 Å². The van der Waals surface area contributed by atoms with Crippen molar-refractivity contribution in [2.45, 2.75) is 76.7 Å². The fraction of sp³-hybridized carbons (Fsp3) is 0.696. The average Bonchev–Trinajstić information content (AvgIpc) is 2.70. The molecule has 2 saturated carbocycles. The molecule has 1 aromatic carbocycles. The number of amides is 1. The van der Waals surface area contributed by atoms with E-state index in [1.54, 1.807) is 12.1 Å². The van der Waals surface area contributed by atoms with E-state index < -0.39 is 10.0 Å². The van der Waals surface area contributed by atoms with Crippen LogP contribution in [0.3, 0.4) is 0 Å². The van der Waals surface area contributed by atoms with Gasteiger partial charge in [-0.05, 0) is 68.9 Å². The Balaban J connectivity index is 1.44. The second-order valence-corrected chi connectivity index (χ2v) is 11.0. The summed E-state index contributed by atoms with van der Waals surface area (Å²) in [6, 6.07) is 7.22. The SMILES string of the molecule is Cc1ccc(S(=O)(=O)NCC2CCC(C(=O)N[C@@H]3CCC[C@@H](C)[C@@H]3C)CC2)cc1. The lowest BCUT2D eigenvalue weighted by molar-refractivity contribution is -0.127. The van der Waals surface area contributed by atoms with Crippen molar-refractivity contribution in [3.63, 3.8) is 0 Å². The van der Waals surface area contributed by atoms with Crippen LogP contribution in [0, 0.1) is 30.6 Å². The van der Waals surface area contributed by atoms with Gasteiger partial charge >= 0.3 is 0 Å². The van der Waals surface area contributed by atoms with E-state index in [0.29, 0.717) is 35.2 Å². The molecule has 1 aromatic rings. The molecule has 3 atom stereocenters. The number of hydrogen-bond donors (Lipinski definition) is 2. The fourth-order valence-corrected chi connectivity index (χ4v) is 5.86. The van der Waals surface area contributed by atoms with Crippen LogP contribution in [-0.2, 0) is 14.8 Å². The Hall–Kier alpha value is -1.40. The highest BCUT2D eigenvalue weighted by molar-refractivity contribution is 7.89. The predicted molar refractivity (Wildman–Crippen MR) is 116 cm³/mol. The first-order chi connectivity index (χ1) is 13.8. The Bertz CT molecular complexity index is 783. The van der Waals surface area contributed by atoms with Crippen molar-refractivity contribution in [3.8, 4) is 0 Å². The van der Waals surface area contributed by atoms with Crippen LogP contribution < -0.4 is 10.0 Å². The Morgan fingerprint density at radius 3 is 2.31 bits per heavy atom. The molecule has 3 rings (SSSR count). The van der Waals surface area contributed by atoms with E-state index >= 15 is 0 Å². The maximum absolute atomic E-state index is 12.7. The zero-order chi connectivity index (χ0) is 21.0. The first-order valence-electron chi connectivity index (χ1n) is 11.1. The summed E-state index contributed by atoms with van der Waals surface area (Å²) in [4.78, 5) is 13.0. The van der Waals surface area contributed by atoms with Crippen molar-refractivity contribution < 1.29 is 13.2 Å². The van der Waals surface area contributed by atoms with Crippen molar-refractivity contribution >= 4 is 15.9 Å². The fourth-order valence-electron chi connectivity index (χ4n) is 4.74. The smallest absolute Gasteiger partial charge is 0.240 e. The number of rotatable bonds is 6. The normalized spacial score (nSPS) is 30.7. The monoisotopic (exact) mass is 420 g/mol. The van der Waals surface area contributed by atoms with Gasteiger partial charge in [0.1, 0.15) is 0 Å². The van der Waals surface area contributed by atoms with Gasteiger partial charge in [-0.1, -0.05) is 44.4 Å². The van der Waals surface area contributed by atoms with Crippen molar-refractivity contribution in [2.24, 2.45) is 23.7 Å². The second kappa shape index (κ2) is 9.61. The average molecular weight is 421 g/mol. The van der Waals surface area contributed by atoms with Crippen molar-refractivity contribution in [3.05, 3.63) is 29.8 Å². The number of sulfonamides is 1. The molecule has 0 aromatic heterocycles. The van der Waals surface area contributed by atoms with Crippen LogP contribution in [0.15, 0.2) is 29.2 Å². The number of benzene rings is 1. The zero-order valence-corrected chi connectivity index (χ0v) is 18.8. The van der Waals surface area contributed by atoms with Crippen molar-refractivity contribution in [1.82, 2.24) is 10.0 Å². The van der Waals surface area contributed by atoms with Gasteiger partial charge in [0.25, 0.3) is 0 Å². The summed E-state index contributed by atoms with van der Waals surface area (Å²) in [7, 11) is -3.47. The van der Waals surface area contributed by atoms with E-state index in [9.17, 15) is 13.2 Å². The lowest BCUT2D eigenvalue weighted by Gasteiger charge is -2.36. The minimum Gasteiger partial charge on any atom is -0.353 e. The molecule has 2 aliphatic carbocycles. The van der Waals surface area contributed by atoms with E-state index in [4.69, 9.17) is 0 Å². The first-order valence-corrected chi connectivity index (χ1v) is 12.6. The van der Waals surface area contributed by atoms with E-state index in [2.05, 4.69) is 23.9 Å². The Kier molecular flexibility index (Phi) is 7.38. The molecule has 2 aliphatic rings. The molecule has 2 N–H and O–H groups in total. The number of aryl methyl sites for hydroxylation is 1. The summed E-state index contributed by atoms with van der Waals surface area (Å²) in [5.41, 5.74) is 1.04. The minimum absolute atomic E-state index is 0.0735. The Labute approximate surface area is 176 Å². The standard InChI is InChI=1S/C23H36N2O3S/c1-16-7-13-21(14-8-16)29(27,28)24-15-19-9-11-20(12-10-19)23(26)25-22-6-4-5-17(2)18(22)3/h7-8,13-14,17-20,22,24H,4-6,9-12,15H2,1-3H3,(H,25,26)/t17-,18+,19?,20?,22-/m1/s1. The van der Waals surface area contributed by atoms with Crippen LogP contribution in [0.2, 0.25) is 0 Å². The molecule has 162 valence electrons. The zero-order valence-electron chi connectivity index (χ0n) is 18.0. The predicted octanol–water partition coefficient (Wildman–Crippen LogP) is 4.02. The van der Waals surface area contributed by atoms with E-state index in [1.807, 2.05) is 19.1 Å². The van der Waals surface area contributed by atoms with Gasteiger partial charge in [-0.15, -0.1) is 0 Å². The highest BCUT2D eigenvalue weighted by Gasteiger charge is 2.32. The Morgan fingerprint density at radius 1 is 1.00 bits per heavy atom.